The van der Waals surface area contributed by atoms with Crippen LogP contribution < -0.4 is 9.64 Å². The molecule has 1 unspecified atom stereocenters. The third-order valence-corrected chi connectivity index (χ3v) is 7.64. The molecule has 0 radical (unpaired) electrons. The summed E-state index contributed by atoms with van der Waals surface area (Å²) in [5.41, 5.74) is 4.78. The third kappa shape index (κ3) is 3.64. The monoisotopic (exact) mass is 459 g/mol. The first-order valence-corrected chi connectivity index (χ1v) is 12.0. The summed E-state index contributed by atoms with van der Waals surface area (Å²) < 4.78 is 5.24. The Morgan fingerprint density at radius 3 is 2.42 bits per heavy atom. The fourth-order valence-electron chi connectivity index (χ4n) is 4.79. The molecule has 1 aliphatic heterocycles. The second-order valence-corrected chi connectivity index (χ2v) is 9.47. The molecule has 1 atom stereocenters. The zero-order valence-corrected chi connectivity index (χ0v) is 19.4. The summed E-state index contributed by atoms with van der Waals surface area (Å²) in [7, 11) is 1.58. The molecule has 1 N–H and O–H groups in total. The van der Waals surface area contributed by atoms with Crippen LogP contribution in [-0.4, -0.2) is 23.9 Å². The second kappa shape index (κ2) is 8.52. The van der Waals surface area contributed by atoms with Gasteiger partial charge in [0.2, 0.25) is 0 Å². The molecule has 2 heterocycles. The molecule has 0 spiro atoms. The lowest BCUT2D eigenvalue weighted by Gasteiger charge is -2.25. The number of anilines is 1. The molecule has 3 aromatic rings. The Kier molecular flexibility index (Phi) is 5.54. The van der Waals surface area contributed by atoms with Crippen LogP contribution in [0.5, 0.6) is 5.75 Å². The van der Waals surface area contributed by atoms with Crippen molar-refractivity contribution in [3.63, 3.8) is 0 Å². The van der Waals surface area contributed by atoms with Gasteiger partial charge in [0.1, 0.15) is 17.6 Å². The largest absolute Gasteiger partial charge is 0.507 e. The number of carbonyl (C=O) groups excluding carboxylic acids is 2. The number of methoxy groups -OCH3 is 1. The zero-order chi connectivity index (χ0) is 23.1. The van der Waals surface area contributed by atoms with Gasteiger partial charge in [-0.1, -0.05) is 12.1 Å². The van der Waals surface area contributed by atoms with E-state index >= 15 is 0 Å². The van der Waals surface area contributed by atoms with Crippen LogP contribution in [0.15, 0.2) is 59.5 Å². The highest BCUT2D eigenvalue weighted by Gasteiger charge is 2.48. The van der Waals surface area contributed by atoms with Gasteiger partial charge in [-0.3, -0.25) is 14.5 Å². The van der Waals surface area contributed by atoms with Crippen molar-refractivity contribution in [3.8, 4) is 5.75 Å². The van der Waals surface area contributed by atoms with Crippen molar-refractivity contribution in [1.29, 1.82) is 0 Å². The number of fused-ring (bicyclic) bond motifs is 1. The molecule has 33 heavy (non-hydrogen) atoms. The van der Waals surface area contributed by atoms with Gasteiger partial charge in [0.25, 0.3) is 11.7 Å². The summed E-state index contributed by atoms with van der Waals surface area (Å²) in [6, 6.07) is 14.2. The molecular formula is C27H25NO4S. The Labute approximate surface area is 196 Å². The molecule has 5 nitrogen and oxygen atoms in total. The number of hydrogen-bond donors (Lipinski definition) is 1. The molecule has 1 aliphatic carbocycles. The number of aliphatic hydroxyl groups excluding tert-OH is 1. The topological polar surface area (TPSA) is 66.8 Å². The van der Waals surface area contributed by atoms with Crippen LogP contribution in [-0.2, 0) is 22.4 Å². The van der Waals surface area contributed by atoms with Gasteiger partial charge in [-0.25, -0.2) is 0 Å². The predicted molar refractivity (Wildman–Crippen MR) is 130 cm³/mol. The van der Waals surface area contributed by atoms with Crippen LogP contribution in [0, 0.1) is 6.92 Å². The van der Waals surface area contributed by atoms with E-state index in [0.29, 0.717) is 17.0 Å². The van der Waals surface area contributed by atoms with Gasteiger partial charge in [0, 0.05) is 16.1 Å². The van der Waals surface area contributed by atoms with Crippen LogP contribution in [0.2, 0.25) is 0 Å². The molecule has 2 aliphatic rings. The normalized spacial score (nSPS) is 19.6. The highest BCUT2D eigenvalue weighted by Crippen LogP contribution is 2.45. The minimum absolute atomic E-state index is 0.115. The molecule has 0 saturated carbocycles. The summed E-state index contributed by atoms with van der Waals surface area (Å²) in [6.45, 7) is 1.96. The number of ether oxygens (including phenoxy) is 1. The smallest absolute Gasteiger partial charge is 0.300 e. The van der Waals surface area contributed by atoms with Crippen molar-refractivity contribution in [2.45, 2.75) is 38.6 Å². The number of nitrogens with zero attached hydrogens (tertiary/aromatic N) is 1. The fraction of sp³-hybridized carbons (Fsp3) is 0.259. The second-order valence-electron chi connectivity index (χ2n) is 8.53. The van der Waals surface area contributed by atoms with E-state index in [2.05, 4.69) is 0 Å². The molecule has 5 rings (SSSR count). The quantitative estimate of drug-likeness (QED) is 0.315. The lowest BCUT2D eigenvalue weighted by Crippen LogP contribution is -2.29. The van der Waals surface area contributed by atoms with E-state index in [4.69, 9.17) is 4.74 Å². The molecule has 1 amide bonds. The van der Waals surface area contributed by atoms with Gasteiger partial charge in [0.05, 0.1) is 12.7 Å². The van der Waals surface area contributed by atoms with Gasteiger partial charge >= 0.3 is 0 Å². The summed E-state index contributed by atoms with van der Waals surface area (Å²) in [5.74, 6) is -0.764. The van der Waals surface area contributed by atoms with Gasteiger partial charge in [-0.05, 0) is 91.1 Å². The van der Waals surface area contributed by atoms with Crippen LogP contribution in [0.3, 0.4) is 0 Å². The minimum Gasteiger partial charge on any atom is -0.507 e. The maximum Gasteiger partial charge on any atom is 0.300 e. The first-order chi connectivity index (χ1) is 16.0. The number of hydrogen-bond acceptors (Lipinski definition) is 5. The Morgan fingerprint density at radius 1 is 1.03 bits per heavy atom. The van der Waals surface area contributed by atoms with E-state index in [9.17, 15) is 14.7 Å². The molecule has 1 saturated heterocycles. The molecule has 1 aromatic heterocycles. The van der Waals surface area contributed by atoms with Crippen LogP contribution in [0.1, 0.15) is 46.0 Å². The van der Waals surface area contributed by atoms with Crippen molar-refractivity contribution >= 4 is 34.5 Å². The lowest BCUT2D eigenvalue weighted by molar-refractivity contribution is -0.132. The summed E-state index contributed by atoms with van der Waals surface area (Å²) in [4.78, 5) is 28.9. The highest BCUT2D eigenvalue weighted by molar-refractivity contribution is 7.10. The summed E-state index contributed by atoms with van der Waals surface area (Å²) >= 11 is 1.48. The average molecular weight is 460 g/mol. The maximum absolute atomic E-state index is 13.3. The zero-order valence-electron chi connectivity index (χ0n) is 18.6. The molecule has 6 heteroatoms. The van der Waals surface area contributed by atoms with E-state index in [1.54, 1.807) is 31.4 Å². The van der Waals surface area contributed by atoms with Crippen molar-refractivity contribution in [2.24, 2.45) is 0 Å². The number of aryl methyl sites for hydroxylation is 3. The van der Waals surface area contributed by atoms with Crippen molar-refractivity contribution in [2.75, 3.05) is 12.0 Å². The number of rotatable bonds is 4. The molecule has 2 aromatic carbocycles. The number of ketones is 1. The molecule has 168 valence electrons. The van der Waals surface area contributed by atoms with Gasteiger partial charge in [0.15, 0.2) is 0 Å². The van der Waals surface area contributed by atoms with Crippen molar-refractivity contribution in [1.82, 2.24) is 0 Å². The Hall–Kier alpha value is -3.38. The molecule has 0 bridgehead atoms. The van der Waals surface area contributed by atoms with E-state index in [-0.39, 0.29) is 11.3 Å². The van der Waals surface area contributed by atoms with Gasteiger partial charge in [-0.15, -0.1) is 11.3 Å². The summed E-state index contributed by atoms with van der Waals surface area (Å²) in [6.07, 6.45) is 4.28. The SMILES string of the molecule is COc1ccc(N2C(=O)C(=O)/C(=C(\O)c3ccc4c(c3)CCCC4)C2c2sccc2C)cc1. The van der Waals surface area contributed by atoms with E-state index in [1.165, 1.54) is 33.8 Å². The van der Waals surface area contributed by atoms with E-state index in [0.717, 1.165) is 29.7 Å². The molecular weight excluding hydrogens is 434 g/mol. The van der Waals surface area contributed by atoms with Gasteiger partial charge < -0.3 is 9.84 Å². The van der Waals surface area contributed by atoms with Gasteiger partial charge in [-0.2, -0.15) is 0 Å². The Morgan fingerprint density at radius 2 is 1.76 bits per heavy atom. The average Bonchev–Trinajstić information content (AvgIpc) is 3.38. The standard InChI is InChI=1S/C27H25NO4S/c1-16-13-14-33-26(16)23-22(24(29)19-8-7-17-5-3-4-6-18(17)15-19)25(30)27(31)28(23)20-9-11-21(32-2)12-10-20/h7-15,23,29H,3-6H2,1-2H3/b24-22-. The van der Waals surface area contributed by atoms with Crippen LogP contribution >= 0.6 is 11.3 Å². The number of thiophene rings is 1. The number of Topliss-reactive ketones (excluding diaryl/α,β-unsaturated/α-hetero) is 1. The first-order valence-electron chi connectivity index (χ1n) is 11.1. The number of amides is 1. The number of carbonyl (C=O) groups is 2. The maximum atomic E-state index is 13.3. The predicted octanol–water partition coefficient (Wildman–Crippen LogP) is 5.57. The number of aliphatic hydroxyl groups is 1. The fourth-order valence-corrected chi connectivity index (χ4v) is 5.82. The Balaban J connectivity index is 1.67. The van der Waals surface area contributed by atoms with E-state index in [1.807, 2.05) is 36.6 Å². The number of benzene rings is 2. The van der Waals surface area contributed by atoms with Crippen LogP contribution in [0.25, 0.3) is 5.76 Å². The summed E-state index contributed by atoms with van der Waals surface area (Å²) in [5, 5.41) is 13.3. The highest BCUT2D eigenvalue weighted by atomic mass is 32.1. The minimum atomic E-state index is -0.686. The van der Waals surface area contributed by atoms with Crippen molar-refractivity contribution in [3.05, 3.63) is 86.6 Å². The van der Waals surface area contributed by atoms with Crippen LogP contribution in [0.4, 0.5) is 5.69 Å². The Bertz CT molecular complexity index is 1270. The first kappa shape index (κ1) is 21.5. The van der Waals surface area contributed by atoms with E-state index < -0.39 is 17.7 Å². The molecule has 1 fully saturated rings. The van der Waals surface area contributed by atoms with Crippen molar-refractivity contribution < 1.29 is 19.4 Å². The lowest BCUT2D eigenvalue weighted by atomic mass is 9.89. The third-order valence-electron chi connectivity index (χ3n) is 6.57.